The number of unbranched alkanes of at least 4 members (excludes halogenated alkanes) is 29. The van der Waals surface area contributed by atoms with Crippen LogP contribution in [-0.4, -0.2) is 87.5 Å². The maximum atomic E-state index is 13.0. The molecule has 0 aromatic rings. The van der Waals surface area contributed by atoms with Gasteiger partial charge in [-0.3, -0.25) is 4.79 Å². The summed E-state index contributed by atoms with van der Waals surface area (Å²) >= 11 is 0. The molecule has 1 saturated heterocycles. The minimum atomic E-state index is -1.57. The van der Waals surface area contributed by atoms with Gasteiger partial charge in [-0.05, 0) is 57.8 Å². The van der Waals surface area contributed by atoms with Crippen molar-refractivity contribution in [2.24, 2.45) is 0 Å². The van der Waals surface area contributed by atoms with E-state index in [1.165, 1.54) is 173 Å². The Balaban J connectivity index is 2.27. The third-order valence-electron chi connectivity index (χ3n) is 12.2. The standard InChI is InChI=1S/C52H97NO8/c1-3-5-7-9-11-13-15-17-19-20-21-22-23-24-25-26-27-28-30-32-34-36-38-40-42-48(56)53-45(44-60-52-51(59)50(58)49(57)47(43-54)61-52)46(55)41-39-37-35-33-31-29-18-16-14-12-10-8-6-4-2/h24-25,31,33,39,41,45-47,49-52,54-55,57-59H,3-23,26-30,32,34-38,40,42-44H2,1-2H3,(H,53,56)/b25-24-,33-31+,41-39+. The Hall–Kier alpha value is -1.59. The first-order valence-corrected chi connectivity index (χ1v) is 25.7. The van der Waals surface area contributed by atoms with E-state index in [4.69, 9.17) is 9.47 Å². The monoisotopic (exact) mass is 864 g/mol. The van der Waals surface area contributed by atoms with Crippen LogP contribution < -0.4 is 5.32 Å². The number of aliphatic hydroxyl groups is 5. The molecule has 0 spiro atoms. The van der Waals surface area contributed by atoms with E-state index in [1.807, 2.05) is 6.08 Å². The molecule has 7 atom stereocenters. The molecule has 0 aliphatic carbocycles. The highest BCUT2D eigenvalue weighted by molar-refractivity contribution is 5.76. The molecule has 358 valence electrons. The van der Waals surface area contributed by atoms with E-state index in [9.17, 15) is 30.3 Å². The zero-order valence-electron chi connectivity index (χ0n) is 39.4. The molecule has 1 heterocycles. The van der Waals surface area contributed by atoms with Gasteiger partial charge in [0.2, 0.25) is 5.91 Å². The largest absolute Gasteiger partial charge is 0.394 e. The lowest BCUT2D eigenvalue weighted by Gasteiger charge is -2.40. The average Bonchev–Trinajstić information content (AvgIpc) is 3.26. The van der Waals surface area contributed by atoms with Gasteiger partial charge < -0.3 is 40.3 Å². The molecule has 9 nitrogen and oxygen atoms in total. The predicted molar refractivity (Wildman–Crippen MR) is 253 cm³/mol. The molecule has 1 aliphatic heterocycles. The number of amides is 1. The van der Waals surface area contributed by atoms with Crippen LogP contribution in [0.3, 0.4) is 0 Å². The SMILES string of the molecule is CCCCCCCCCC/C=C/CC/C=C/C(O)C(COC1OC(CO)C(O)C(O)C1O)NC(=O)CCCCCCCCCC/C=C\CCCCCCCCCCCCCC. The molecule has 1 aliphatic rings. The highest BCUT2D eigenvalue weighted by Crippen LogP contribution is 2.23. The van der Waals surface area contributed by atoms with Crippen molar-refractivity contribution in [3.05, 3.63) is 36.5 Å². The van der Waals surface area contributed by atoms with E-state index in [-0.39, 0.29) is 12.5 Å². The van der Waals surface area contributed by atoms with Crippen molar-refractivity contribution in [1.29, 1.82) is 0 Å². The van der Waals surface area contributed by atoms with Crippen LogP contribution in [0.15, 0.2) is 36.5 Å². The topological polar surface area (TPSA) is 149 Å². The fourth-order valence-electron chi connectivity index (χ4n) is 8.05. The molecule has 1 fully saturated rings. The summed E-state index contributed by atoms with van der Waals surface area (Å²) in [5.41, 5.74) is 0. The van der Waals surface area contributed by atoms with Crippen LogP contribution in [-0.2, 0) is 14.3 Å². The maximum Gasteiger partial charge on any atom is 0.220 e. The maximum absolute atomic E-state index is 13.0. The quantitative estimate of drug-likeness (QED) is 0.0262. The molecule has 0 saturated carbocycles. The second kappa shape index (κ2) is 42.4. The predicted octanol–water partition coefficient (Wildman–Crippen LogP) is 11.6. The number of hydrogen-bond acceptors (Lipinski definition) is 8. The van der Waals surface area contributed by atoms with E-state index in [0.717, 1.165) is 38.5 Å². The Kier molecular flexibility index (Phi) is 39.9. The Labute approximate surface area is 374 Å². The van der Waals surface area contributed by atoms with Crippen LogP contribution in [0.1, 0.15) is 232 Å². The summed E-state index contributed by atoms with van der Waals surface area (Å²) in [5.74, 6) is -0.189. The summed E-state index contributed by atoms with van der Waals surface area (Å²) in [4.78, 5) is 13.0. The number of hydrogen-bond donors (Lipinski definition) is 6. The van der Waals surface area contributed by atoms with Crippen LogP contribution >= 0.6 is 0 Å². The van der Waals surface area contributed by atoms with Crippen LogP contribution in [0.25, 0.3) is 0 Å². The van der Waals surface area contributed by atoms with Gasteiger partial charge in [0.1, 0.15) is 24.4 Å². The third kappa shape index (κ3) is 32.7. The van der Waals surface area contributed by atoms with Crippen LogP contribution in [0.4, 0.5) is 0 Å². The lowest BCUT2D eigenvalue weighted by Crippen LogP contribution is -2.60. The first-order valence-electron chi connectivity index (χ1n) is 25.7. The summed E-state index contributed by atoms with van der Waals surface area (Å²) in [5, 5.41) is 54.2. The third-order valence-corrected chi connectivity index (χ3v) is 12.2. The van der Waals surface area contributed by atoms with Gasteiger partial charge in [-0.25, -0.2) is 0 Å². The highest BCUT2D eigenvalue weighted by atomic mass is 16.7. The van der Waals surface area contributed by atoms with Crippen molar-refractivity contribution in [3.8, 4) is 0 Å². The number of carbonyl (C=O) groups excluding carboxylic acids is 1. The lowest BCUT2D eigenvalue weighted by atomic mass is 9.99. The minimum absolute atomic E-state index is 0.189. The zero-order chi connectivity index (χ0) is 44.4. The van der Waals surface area contributed by atoms with Gasteiger partial charge in [-0.15, -0.1) is 0 Å². The van der Waals surface area contributed by atoms with Crippen LogP contribution in [0.5, 0.6) is 0 Å². The second-order valence-electron chi connectivity index (χ2n) is 18.0. The van der Waals surface area contributed by atoms with E-state index >= 15 is 0 Å². The summed E-state index contributed by atoms with van der Waals surface area (Å²) < 4.78 is 11.2. The first kappa shape index (κ1) is 57.4. The van der Waals surface area contributed by atoms with Gasteiger partial charge in [0, 0.05) is 6.42 Å². The second-order valence-corrected chi connectivity index (χ2v) is 18.0. The Morgan fingerprint density at radius 2 is 0.934 bits per heavy atom. The molecule has 6 N–H and O–H groups in total. The summed E-state index contributed by atoms with van der Waals surface area (Å²) in [6.45, 7) is 3.76. The van der Waals surface area contributed by atoms with Gasteiger partial charge in [0.25, 0.3) is 0 Å². The molecule has 1 amide bonds. The number of carbonyl (C=O) groups is 1. The number of allylic oxidation sites excluding steroid dienone is 5. The molecule has 0 aromatic carbocycles. The van der Waals surface area contributed by atoms with Crippen molar-refractivity contribution in [2.45, 2.75) is 275 Å². The van der Waals surface area contributed by atoms with E-state index in [1.54, 1.807) is 6.08 Å². The molecule has 0 radical (unpaired) electrons. The van der Waals surface area contributed by atoms with E-state index < -0.39 is 49.5 Å². The van der Waals surface area contributed by atoms with Crippen molar-refractivity contribution in [3.63, 3.8) is 0 Å². The van der Waals surface area contributed by atoms with E-state index in [2.05, 4.69) is 43.5 Å². The number of nitrogens with one attached hydrogen (secondary N) is 1. The normalized spacial score (nSPS) is 20.7. The fourth-order valence-corrected chi connectivity index (χ4v) is 8.05. The number of ether oxygens (including phenoxy) is 2. The van der Waals surface area contributed by atoms with Crippen molar-refractivity contribution in [2.75, 3.05) is 13.2 Å². The molecule has 1 rings (SSSR count). The summed E-state index contributed by atoms with van der Waals surface area (Å²) in [6.07, 6.45) is 46.3. The van der Waals surface area contributed by atoms with Gasteiger partial charge >= 0.3 is 0 Å². The summed E-state index contributed by atoms with van der Waals surface area (Å²) in [7, 11) is 0. The van der Waals surface area contributed by atoms with Gasteiger partial charge in [-0.2, -0.15) is 0 Å². The van der Waals surface area contributed by atoms with Crippen LogP contribution in [0.2, 0.25) is 0 Å². The van der Waals surface area contributed by atoms with Gasteiger partial charge in [-0.1, -0.05) is 204 Å². The zero-order valence-corrected chi connectivity index (χ0v) is 39.4. The van der Waals surface area contributed by atoms with E-state index in [0.29, 0.717) is 6.42 Å². The molecule has 9 heteroatoms. The first-order chi connectivity index (χ1) is 29.8. The number of aliphatic hydroxyl groups excluding tert-OH is 5. The van der Waals surface area contributed by atoms with Gasteiger partial charge in [0.05, 0.1) is 25.4 Å². The van der Waals surface area contributed by atoms with Crippen molar-refractivity contribution < 1.29 is 39.8 Å². The highest BCUT2D eigenvalue weighted by Gasteiger charge is 2.44. The smallest absolute Gasteiger partial charge is 0.220 e. The minimum Gasteiger partial charge on any atom is -0.394 e. The Morgan fingerprint density at radius 1 is 0.541 bits per heavy atom. The number of rotatable bonds is 43. The molecular formula is C52H97NO8. The summed E-state index contributed by atoms with van der Waals surface area (Å²) in [6, 6.07) is -0.821. The molecule has 7 unspecified atom stereocenters. The Morgan fingerprint density at radius 3 is 1.38 bits per heavy atom. The van der Waals surface area contributed by atoms with Crippen LogP contribution in [0, 0.1) is 0 Å². The fraction of sp³-hybridized carbons (Fsp3) is 0.865. The Bertz CT molecular complexity index is 1050. The lowest BCUT2D eigenvalue weighted by molar-refractivity contribution is -0.302. The van der Waals surface area contributed by atoms with Gasteiger partial charge in [0.15, 0.2) is 6.29 Å². The van der Waals surface area contributed by atoms with Crippen molar-refractivity contribution in [1.82, 2.24) is 5.32 Å². The molecular weight excluding hydrogens is 767 g/mol. The van der Waals surface area contributed by atoms with Crippen molar-refractivity contribution >= 4 is 5.91 Å². The average molecular weight is 864 g/mol. The molecule has 0 bridgehead atoms. The molecule has 61 heavy (non-hydrogen) atoms. The molecule has 0 aromatic heterocycles.